The van der Waals surface area contributed by atoms with Crippen molar-refractivity contribution in [1.82, 2.24) is 0 Å². The van der Waals surface area contributed by atoms with Gasteiger partial charge in [-0.2, -0.15) is 0 Å². The zero-order valence-electron chi connectivity index (χ0n) is 10.5. The van der Waals surface area contributed by atoms with Crippen molar-refractivity contribution in [2.45, 2.75) is 12.5 Å². The van der Waals surface area contributed by atoms with Crippen LogP contribution in [0.25, 0.3) is 11.1 Å². The molecule has 0 amide bonds. The summed E-state index contributed by atoms with van der Waals surface area (Å²) in [5.74, 6) is -1.27. The smallest absolute Gasteiger partial charge is 0.166 e. The number of halogens is 3. The second-order valence-electron chi connectivity index (χ2n) is 4.72. The average Bonchev–Trinajstić information content (AvgIpc) is 2.84. The van der Waals surface area contributed by atoms with Gasteiger partial charge < -0.3 is 10.5 Å². The molecule has 104 valence electrons. The molecule has 3 rings (SSSR count). The molecule has 0 fully saturated rings. The van der Waals surface area contributed by atoms with Gasteiger partial charge in [0.05, 0.1) is 0 Å². The van der Waals surface area contributed by atoms with Crippen molar-refractivity contribution in [2.24, 2.45) is 5.73 Å². The highest BCUT2D eigenvalue weighted by atomic mass is 35.5. The van der Waals surface area contributed by atoms with Gasteiger partial charge in [-0.05, 0) is 23.8 Å². The number of hydrogen-bond acceptors (Lipinski definition) is 2. The van der Waals surface area contributed by atoms with Crippen LogP contribution in [0.1, 0.15) is 5.56 Å². The second-order valence-corrected chi connectivity index (χ2v) is 5.16. The lowest BCUT2D eigenvalue weighted by atomic mass is 10.00. The number of fused-ring (bicyclic) bond motifs is 1. The van der Waals surface area contributed by atoms with Crippen LogP contribution >= 0.6 is 11.6 Å². The van der Waals surface area contributed by atoms with E-state index < -0.39 is 11.6 Å². The first kappa shape index (κ1) is 13.3. The highest BCUT2D eigenvalue weighted by Crippen LogP contribution is 2.41. The molecule has 0 radical (unpaired) electrons. The van der Waals surface area contributed by atoms with Gasteiger partial charge in [-0.3, -0.25) is 0 Å². The minimum atomic E-state index is -0.906. The lowest BCUT2D eigenvalue weighted by Gasteiger charge is -2.12. The standard InChI is InChI=1S/C15H12ClF2NO/c16-9-4-8-5-10(7-19)20-15(8)12(6-9)11-2-1-3-13(17)14(11)18/h1-4,6,10H,5,7,19H2/t10-/m0/s1. The molecule has 2 N–H and O–H groups in total. The monoisotopic (exact) mass is 295 g/mol. The summed E-state index contributed by atoms with van der Waals surface area (Å²) >= 11 is 6.06. The van der Waals surface area contributed by atoms with Gasteiger partial charge >= 0.3 is 0 Å². The Kier molecular flexibility index (Phi) is 3.36. The van der Waals surface area contributed by atoms with E-state index in [2.05, 4.69) is 0 Å². The van der Waals surface area contributed by atoms with Gasteiger partial charge in [-0.15, -0.1) is 0 Å². The molecule has 0 saturated heterocycles. The number of rotatable bonds is 2. The topological polar surface area (TPSA) is 35.2 Å². The predicted octanol–water partition coefficient (Wildman–Crippen LogP) is 3.55. The number of benzene rings is 2. The van der Waals surface area contributed by atoms with E-state index in [-0.39, 0.29) is 11.7 Å². The normalized spacial score (nSPS) is 16.9. The maximum atomic E-state index is 14.0. The van der Waals surface area contributed by atoms with Gasteiger partial charge in [0, 0.05) is 29.1 Å². The third-order valence-corrected chi connectivity index (χ3v) is 3.59. The van der Waals surface area contributed by atoms with Gasteiger partial charge in [-0.1, -0.05) is 23.7 Å². The number of nitrogens with two attached hydrogens (primary N) is 1. The summed E-state index contributed by atoms with van der Waals surface area (Å²) in [7, 11) is 0. The fourth-order valence-corrected chi connectivity index (χ4v) is 2.68. The van der Waals surface area contributed by atoms with Crippen LogP contribution in [0.4, 0.5) is 8.78 Å². The Morgan fingerprint density at radius 1 is 1.25 bits per heavy atom. The van der Waals surface area contributed by atoms with E-state index in [0.29, 0.717) is 29.3 Å². The van der Waals surface area contributed by atoms with E-state index in [4.69, 9.17) is 22.1 Å². The molecule has 0 aromatic heterocycles. The fraction of sp³-hybridized carbons (Fsp3) is 0.200. The van der Waals surface area contributed by atoms with Crippen molar-refractivity contribution in [3.05, 3.63) is 52.6 Å². The Balaban J connectivity index is 2.18. The van der Waals surface area contributed by atoms with E-state index in [1.54, 1.807) is 12.1 Å². The van der Waals surface area contributed by atoms with Crippen molar-refractivity contribution in [3.8, 4) is 16.9 Å². The molecule has 20 heavy (non-hydrogen) atoms. The highest BCUT2D eigenvalue weighted by molar-refractivity contribution is 6.31. The van der Waals surface area contributed by atoms with E-state index in [0.717, 1.165) is 11.6 Å². The molecule has 0 bridgehead atoms. The van der Waals surface area contributed by atoms with Crippen LogP contribution in [0.5, 0.6) is 5.75 Å². The van der Waals surface area contributed by atoms with Crippen molar-refractivity contribution < 1.29 is 13.5 Å². The van der Waals surface area contributed by atoms with Crippen molar-refractivity contribution in [2.75, 3.05) is 6.54 Å². The molecule has 2 aromatic carbocycles. The molecule has 1 atom stereocenters. The van der Waals surface area contributed by atoms with Crippen LogP contribution in [0.3, 0.4) is 0 Å². The number of hydrogen-bond donors (Lipinski definition) is 1. The Morgan fingerprint density at radius 3 is 2.80 bits per heavy atom. The Bertz CT molecular complexity index is 675. The third-order valence-electron chi connectivity index (χ3n) is 3.37. The molecule has 1 heterocycles. The molecule has 1 aliphatic rings. The Labute approximate surface area is 120 Å². The largest absolute Gasteiger partial charge is 0.488 e. The van der Waals surface area contributed by atoms with Crippen LogP contribution in [0, 0.1) is 11.6 Å². The molecule has 0 aliphatic carbocycles. The van der Waals surface area contributed by atoms with Gasteiger partial charge in [0.15, 0.2) is 11.6 Å². The molecule has 0 unspecified atom stereocenters. The summed E-state index contributed by atoms with van der Waals surface area (Å²) in [6, 6.07) is 7.39. The number of ether oxygens (including phenoxy) is 1. The van der Waals surface area contributed by atoms with E-state index in [1.165, 1.54) is 12.1 Å². The summed E-state index contributed by atoms with van der Waals surface area (Å²) in [4.78, 5) is 0. The molecule has 0 spiro atoms. The summed E-state index contributed by atoms with van der Waals surface area (Å²) in [5, 5.41) is 0.462. The quantitative estimate of drug-likeness (QED) is 0.919. The minimum Gasteiger partial charge on any atom is -0.488 e. The summed E-state index contributed by atoms with van der Waals surface area (Å²) < 4.78 is 33.1. The second kappa shape index (κ2) is 5.04. The first-order valence-electron chi connectivity index (χ1n) is 6.23. The lowest BCUT2D eigenvalue weighted by Crippen LogP contribution is -2.24. The molecule has 0 saturated carbocycles. The summed E-state index contributed by atoms with van der Waals surface area (Å²) in [6.45, 7) is 0.359. The van der Waals surface area contributed by atoms with Crippen molar-refractivity contribution >= 4 is 11.6 Å². The van der Waals surface area contributed by atoms with Crippen LogP contribution in [0.2, 0.25) is 5.02 Å². The van der Waals surface area contributed by atoms with Crippen LogP contribution in [-0.4, -0.2) is 12.6 Å². The maximum Gasteiger partial charge on any atom is 0.166 e. The molecule has 2 aromatic rings. The van der Waals surface area contributed by atoms with E-state index in [1.807, 2.05) is 0 Å². The minimum absolute atomic E-state index is 0.140. The average molecular weight is 296 g/mol. The predicted molar refractivity (Wildman–Crippen MR) is 74.0 cm³/mol. The fourth-order valence-electron chi connectivity index (χ4n) is 2.44. The maximum absolute atomic E-state index is 14.0. The van der Waals surface area contributed by atoms with Crippen LogP contribution in [0.15, 0.2) is 30.3 Å². The van der Waals surface area contributed by atoms with Crippen LogP contribution in [-0.2, 0) is 6.42 Å². The molecular weight excluding hydrogens is 284 g/mol. The first-order valence-corrected chi connectivity index (χ1v) is 6.61. The van der Waals surface area contributed by atoms with Gasteiger partial charge in [0.25, 0.3) is 0 Å². The van der Waals surface area contributed by atoms with Gasteiger partial charge in [-0.25, -0.2) is 8.78 Å². The summed E-state index contributed by atoms with van der Waals surface area (Å²) in [5.41, 5.74) is 7.07. The van der Waals surface area contributed by atoms with Crippen molar-refractivity contribution in [1.29, 1.82) is 0 Å². The Hall–Kier alpha value is -1.65. The van der Waals surface area contributed by atoms with Crippen LogP contribution < -0.4 is 10.5 Å². The van der Waals surface area contributed by atoms with E-state index in [9.17, 15) is 8.78 Å². The summed E-state index contributed by atoms with van der Waals surface area (Å²) in [6.07, 6.45) is 0.468. The molecule has 2 nitrogen and oxygen atoms in total. The van der Waals surface area contributed by atoms with Gasteiger partial charge in [0.2, 0.25) is 0 Å². The zero-order valence-corrected chi connectivity index (χ0v) is 11.3. The SMILES string of the molecule is NC[C@@H]1Cc2cc(Cl)cc(-c3cccc(F)c3F)c2O1. The van der Waals surface area contributed by atoms with E-state index >= 15 is 0 Å². The highest BCUT2D eigenvalue weighted by Gasteiger charge is 2.27. The third kappa shape index (κ3) is 2.15. The first-order chi connectivity index (χ1) is 9.60. The van der Waals surface area contributed by atoms with Gasteiger partial charge in [0.1, 0.15) is 11.9 Å². The molecule has 5 heteroatoms. The van der Waals surface area contributed by atoms with Crippen molar-refractivity contribution in [3.63, 3.8) is 0 Å². The lowest BCUT2D eigenvalue weighted by molar-refractivity contribution is 0.242. The molecule has 1 aliphatic heterocycles. The zero-order chi connectivity index (χ0) is 14.3. The molecular formula is C15H12ClF2NO. The Morgan fingerprint density at radius 2 is 2.05 bits per heavy atom.